The van der Waals surface area contributed by atoms with Crippen LogP contribution in [0.3, 0.4) is 0 Å². The van der Waals surface area contributed by atoms with E-state index in [0.29, 0.717) is 6.04 Å². The Morgan fingerprint density at radius 1 is 1.17 bits per heavy atom. The highest BCUT2D eigenvalue weighted by molar-refractivity contribution is 5.52. The van der Waals surface area contributed by atoms with E-state index in [1.54, 1.807) is 14.2 Å². The third-order valence-corrected chi connectivity index (χ3v) is 4.38. The number of hydrogen-bond acceptors (Lipinski definition) is 3. The minimum Gasteiger partial charge on any atom is -0.493 e. The fraction of sp³-hybridized carbons (Fsp3) is 0.600. The Hall–Kier alpha value is -1.22. The van der Waals surface area contributed by atoms with Crippen LogP contribution in [0.2, 0.25) is 0 Å². The van der Waals surface area contributed by atoms with E-state index in [9.17, 15) is 0 Å². The van der Waals surface area contributed by atoms with Crippen molar-refractivity contribution in [3.8, 4) is 11.5 Å². The molecule has 1 heterocycles. The fourth-order valence-corrected chi connectivity index (χ4v) is 3.45. The molecule has 98 valence electrons. The smallest absolute Gasteiger partial charge is 0.164 e. The Labute approximate surface area is 108 Å². The first kappa shape index (κ1) is 11.8. The summed E-state index contributed by atoms with van der Waals surface area (Å²) < 4.78 is 11.0. The van der Waals surface area contributed by atoms with Crippen molar-refractivity contribution in [2.24, 2.45) is 5.92 Å². The summed E-state index contributed by atoms with van der Waals surface area (Å²) in [5.74, 6) is 2.56. The lowest BCUT2D eigenvalue weighted by Crippen LogP contribution is -2.46. The van der Waals surface area contributed by atoms with Gasteiger partial charge in [-0.25, -0.2) is 0 Å². The van der Waals surface area contributed by atoms with Gasteiger partial charge in [0.05, 0.1) is 14.2 Å². The van der Waals surface area contributed by atoms with Crippen LogP contribution in [-0.2, 0) is 12.8 Å². The molecule has 0 radical (unpaired) electrons. The summed E-state index contributed by atoms with van der Waals surface area (Å²) in [4.78, 5) is 0. The fourth-order valence-electron chi connectivity index (χ4n) is 3.45. The Balaban J connectivity index is 1.99. The quantitative estimate of drug-likeness (QED) is 0.869. The summed E-state index contributed by atoms with van der Waals surface area (Å²) >= 11 is 0. The molecule has 1 aromatic rings. The molecule has 1 N–H and O–H groups in total. The molecule has 0 unspecified atom stereocenters. The van der Waals surface area contributed by atoms with E-state index >= 15 is 0 Å². The predicted molar refractivity (Wildman–Crippen MR) is 71.5 cm³/mol. The molecule has 1 aliphatic heterocycles. The van der Waals surface area contributed by atoms with Crippen molar-refractivity contribution in [1.29, 1.82) is 0 Å². The minimum absolute atomic E-state index is 0.657. The molecule has 1 fully saturated rings. The molecule has 2 aliphatic rings. The molecule has 1 saturated heterocycles. The number of piperidine rings is 1. The van der Waals surface area contributed by atoms with Gasteiger partial charge in [0.15, 0.2) is 11.5 Å². The molecule has 1 aliphatic carbocycles. The van der Waals surface area contributed by atoms with Crippen LogP contribution in [0.4, 0.5) is 0 Å². The first-order valence-corrected chi connectivity index (χ1v) is 6.79. The Bertz CT molecular complexity index is 444. The van der Waals surface area contributed by atoms with Crippen LogP contribution in [-0.4, -0.2) is 26.8 Å². The van der Waals surface area contributed by atoms with Crippen molar-refractivity contribution in [3.05, 3.63) is 23.3 Å². The highest BCUT2D eigenvalue weighted by Gasteiger charge is 2.32. The predicted octanol–water partition coefficient (Wildman–Crippen LogP) is 2.17. The second-order valence-corrected chi connectivity index (χ2v) is 5.31. The molecule has 0 spiro atoms. The highest BCUT2D eigenvalue weighted by atomic mass is 16.5. The maximum absolute atomic E-state index is 5.57. The van der Waals surface area contributed by atoms with Crippen molar-refractivity contribution >= 4 is 0 Å². The number of methoxy groups -OCH3 is 2. The van der Waals surface area contributed by atoms with Crippen LogP contribution in [0.15, 0.2) is 12.1 Å². The molecular formula is C15H21NO2. The lowest BCUT2D eigenvalue weighted by atomic mass is 9.76. The monoisotopic (exact) mass is 247 g/mol. The van der Waals surface area contributed by atoms with Gasteiger partial charge in [-0.2, -0.15) is 0 Å². The molecule has 3 heteroatoms. The largest absolute Gasteiger partial charge is 0.493 e. The molecule has 3 rings (SSSR count). The number of rotatable bonds is 2. The summed E-state index contributed by atoms with van der Waals surface area (Å²) in [6.45, 7) is 1.17. The van der Waals surface area contributed by atoms with Crippen LogP contribution < -0.4 is 14.8 Å². The molecule has 0 aromatic heterocycles. The normalized spacial score (nSPS) is 26.1. The van der Waals surface area contributed by atoms with E-state index in [1.165, 1.54) is 30.5 Å². The molecule has 0 bridgehead atoms. The van der Waals surface area contributed by atoms with E-state index in [0.717, 1.165) is 30.3 Å². The van der Waals surface area contributed by atoms with E-state index in [-0.39, 0.29) is 0 Å². The molecule has 2 atom stereocenters. The van der Waals surface area contributed by atoms with Gasteiger partial charge in [-0.3, -0.25) is 0 Å². The average Bonchev–Trinajstić information content (AvgIpc) is 2.43. The topological polar surface area (TPSA) is 30.5 Å². The molecule has 0 saturated carbocycles. The molecular weight excluding hydrogens is 226 g/mol. The van der Waals surface area contributed by atoms with Crippen molar-refractivity contribution in [3.63, 3.8) is 0 Å². The van der Waals surface area contributed by atoms with Gasteiger partial charge in [-0.05, 0) is 49.8 Å². The number of benzene rings is 1. The van der Waals surface area contributed by atoms with E-state index in [1.807, 2.05) is 6.07 Å². The Morgan fingerprint density at radius 3 is 2.83 bits per heavy atom. The van der Waals surface area contributed by atoms with Crippen LogP contribution >= 0.6 is 0 Å². The Morgan fingerprint density at radius 2 is 2.06 bits per heavy atom. The standard InChI is InChI=1S/C15H21NO2/c1-17-14-6-5-10-9-13-11(4-3-7-16-13)8-12(10)15(14)18-2/h5-6,11,13,16H,3-4,7-9H2,1-2H3/t11-,13-/m0/s1. The summed E-state index contributed by atoms with van der Waals surface area (Å²) in [5, 5.41) is 3.66. The zero-order valence-corrected chi connectivity index (χ0v) is 11.2. The zero-order chi connectivity index (χ0) is 12.5. The lowest BCUT2D eigenvalue weighted by Gasteiger charge is -2.38. The second-order valence-electron chi connectivity index (χ2n) is 5.31. The van der Waals surface area contributed by atoms with Crippen molar-refractivity contribution in [2.45, 2.75) is 31.7 Å². The summed E-state index contributed by atoms with van der Waals surface area (Å²) in [7, 11) is 3.45. The van der Waals surface area contributed by atoms with E-state index < -0.39 is 0 Å². The maximum atomic E-state index is 5.57. The van der Waals surface area contributed by atoms with Gasteiger partial charge in [-0.15, -0.1) is 0 Å². The van der Waals surface area contributed by atoms with Gasteiger partial charge in [0.25, 0.3) is 0 Å². The zero-order valence-electron chi connectivity index (χ0n) is 11.2. The number of nitrogens with one attached hydrogen (secondary N) is 1. The maximum Gasteiger partial charge on any atom is 0.164 e. The SMILES string of the molecule is COc1ccc2c(c1OC)C[C@@H]1CCCN[C@H]1C2. The van der Waals surface area contributed by atoms with Crippen LogP contribution in [0, 0.1) is 5.92 Å². The summed E-state index contributed by atoms with van der Waals surface area (Å²) in [5.41, 5.74) is 2.78. The van der Waals surface area contributed by atoms with Gasteiger partial charge in [-0.1, -0.05) is 6.07 Å². The lowest BCUT2D eigenvalue weighted by molar-refractivity contribution is 0.257. The second kappa shape index (κ2) is 4.81. The summed E-state index contributed by atoms with van der Waals surface area (Å²) in [6, 6.07) is 4.88. The third kappa shape index (κ3) is 1.87. The van der Waals surface area contributed by atoms with Crippen LogP contribution in [0.1, 0.15) is 24.0 Å². The molecule has 18 heavy (non-hydrogen) atoms. The van der Waals surface area contributed by atoms with Crippen molar-refractivity contribution in [1.82, 2.24) is 5.32 Å². The van der Waals surface area contributed by atoms with E-state index in [4.69, 9.17) is 9.47 Å². The first-order chi connectivity index (χ1) is 8.83. The molecule has 3 nitrogen and oxygen atoms in total. The van der Waals surface area contributed by atoms with Crippen LogP contribution in [0.5, 0.6) is 11.5 Å². The molecule has 0 amide bonds. The minimum atomic E-state index is 0.657. The van der Waals surface area contributed by atoms with Crippen LogP contribution in [0.25, 0.3) is 0 Å². The van der Waals surface area contributed by atoms with E-state index in [2.05, 4.69) is 11.4 Å². The number of fused-ring (bicyclic) bond motifs is 2. The van der Waals surface area contributed by atoms with Gasteiger partial charge < -0.3 is 14.8 Å². The van der Waals surface area contributed by atoms with Gasteiger partial charge >= 0.3 is 0 Å². The first-order valence-electron chi connectivity index (χ1n) is 6.79. The Kier molecular flexibility index (Phi) is 3.16. The van der Waals surface area contributed by atoms with Gasteiger partial charge in [0, 0.05) is 11.6 Å². The number of ether oxygens (including phenoxy) is 2. The summed E-state index contributed by atoms with van der Waals surface area (Å²) in [6.07, 6.45) is 4.87. The third-order valence-electron chi connectivity index (χ3n) is 4.38. The average molecular weight is 247 g/mol. The van der Waals surface area contributed by atoms with Gasteiger partial charge in [0.1, 0.15) is 0 Å². The van der Waals surface area contributed by atoms with Gasteiger partial charge in [0.2, 0.25) is 0 Å². The number of hydrogen-bond donors (Lipinski definition) is 1. The highest BCUT2D eigenvalue weighted by Crippen LogP contribution is 2.40. The molecule has 1 aromatic carbocycles. The van der Waals surface area contributed by atoms with Crippen molar-refractivity contribution < 1.29 is 9.47 Å². The van der Waals surface area contributed by atoms with Crippen molar-refractivity contribution in [2.75, 3.05) is 20.8 Å².